The molecule has 2 atom stereocenters. The normalized spacial score (nSPS) is 31.6. The Kier molecular flexibility index (Phi) is 2.94. The Hall–Kier alpha value is -1.22. The summed E-state index contributed by atoms with van der Waals surface area (Å²) in [5, 5.41) is 0. The first-order chi connectivity index (χ1) is 8.66. The van der Waals surface area contributed by atoms with Gasteiger partial charge in [-0.15, -0.1) is 0 Å². The van der Waals surface area contributed by atoms with Crippen LogP contribution in [0.4, 0.5) is 0 Å². The van der Waals surface area contributed by atoms with E-state index < -0.39 is 0 Å². The quantitative estimate of drug-likeness (QED) is 0.749. The van der Waals surface area contributed by atoms with E-state index in [-0.39, 0.29) is 5.92 Å². The van der Waals surface area contributed by atoms with Crippen molar-refractivity contribution in [2.75, 3.05) is 7.05 Å². The number of nitrogens with zero attached hydrogens (tertiary/aromatic N) is 2. The standard InChI is InChI=1S/C15H20N2O/c1-10-14(4-3-7-16-10)15(18)11-8-12-5-6-13(9-11)17(12)2/h3-4,7,11-13H,5-6,8-9H2,1-2H3. The zero-order valence-electron chi connectivity index (χ0n) is 11.1. The van der Waals surface area contributed by atoms with Gasteiger partial charge in [0.15, 0.2) is 5.78 Å². The van der Waals surface area contributed by atoms with Crippen LogP contribution in [-0.4, -0.2) is 34.8 Å². The summed E-state index contributed by atoms with van der Waals surface area (Å²) in [6, 6.07) is 5.03. The van der Waals surface area contributed by atoms with Crippen molar-refractivity contribution < 1.29 is 4.79 Å². The van der Waals surface area contributed by atoms with Crippen LogP contribution in [0.2, 0.25) is 0 Å². The largest absolute Gasteiger partial charge is 0.300 e. The lowest BCUT2D eigenvalue weighted by Crippen LogP contribution is -2.42. The van der Waals surface area contributed by atoms with Crippen molar-refractivity contribution in [2.45, 2.75) is 44.7 Å². The summed E-state index contributed by atoms with van der Waals surface area (Å²) in [5.41, 5.74) is 1.69. The predicted molar refractivity (Wildman–Crippen MR) is 70.6 cm³/mol. The predicted octanol–water partition coefficient (Wildman–Crippen LogP) is 2.45. The highest BCUT2D eigenvalue weighted by Gasteiger charge is 2.41. The third-order valence-corrected chi connectivity index (χ3v) is 4.74. The van der Waals surface area contributed by atoms with Crippen LogP contribution in [0.3, 0.4) is 0 Å². The summed E-state index contributed by atoms with van der Waals surface area (Å²) in [6.45, 7) is 1.93. The molecule has 3 heteroatoms. The number of pyridine rings is 1. The number of aryl methyl sites for hydroxylation is 1. The second-order valence-electron chi connectivity index (χ2n) is 5.72. The lowest BCUT2D eigenvalue weighted by molar-refractivity contribution is 0.0766. The molecule has 3 nitrogen and oxygen atoms in total. The molecular formula is C15H20N2O. The Bertz CT molecular complexity index is 457. The van der Waals surface area contributed by atoms with E-state index in [0.29, 0.717) is 17.9 Å². The number of fused-ring (bicyclic) bond motifs is 2. The first-order valence-corrected chi connectivity index (χ1v) is 6.84. The molecule has 0 spiro atoms. The molecule has 2 unspecified atom stereocenters. The maximum absolute atomic E-state index is 12.6. The molecule has 2 aliphatic heterocycles. The minimum atomic E-state index is 0.210. The zero-order valence-corrected chi connectivity index (χ0v) is 11.1. The molecule has 0 amide bonds. The van der Waals surface area contributed by atoms with Crippen molar-refractivity contribution in [2.24, 2.45) is 5.92 Å². The highest BCUT2D eigenvalue weighted by atomic mass is 16.1. The van der Waals surface area contributed by atoms with Gasteiger partial charge in [-0.05, 0) is 51.8 Å². The number of ketones is 1. The number of hydrogen-bond donors (Lipinski definition) is 0. The number of carbonyl (C=O) groups excluding carboxylic acids is 1. The number of Topliss-reactive ketones (excluding diaryl/α,β-unsaturated/α-hetero) is 1. The van der Waals surface area contributed by atoms with Gasteiger partial charge in [0.05, 0.1) is 0 Å². The highest BCUT2D eigenvalue weighted by Crippen LogP contribution is 2.38. The molecular weight excluding hydrogens is 224 g/mol. The SMILES string of the molecule is Cc1ncccc1C(=O)C1CC2CCC(C1)N2C. The van der Waals surface area contributed by atoms with Crippen molar-refractivity contribution >= 4 is 5.78 Å². The van der Waals surface area contributed by atoms with Crippen LogP contribution < -0.4 is 0 Å². The Morgan fingerprint density at radius 1 is 1.33 bits per heavy atom. The topological polar surface area (TPSA) is 33.2 Å². The molecule has 2 fully saturated rings. The molecule has 96 valence electrons. The second-order valence-corrected chi connectivity index (χ2v) is 5.72. The molecule has 0 saturated carbocycles. The minimum Gasteiger partial charge on any atom is -0.300 e. The summed E-state index contributed by atoms with van der Waals surface area (Å²) in [6.07, 6.45) is 6.33. The summed E-state index contributed by atoms with van der Waals surface area (Å²) >= 11 is 0. The fraction of sp³-hybridized carbons (Fsp3) is 0.600. The van der Waals surface area contributed by atoms with Gasteiger partial charge >= 0.3 is 0 Å². The van der Waals surface area contributed by atoms with Crippen LogP contribution in [0.5, 0.6) is 0 Å². The van der Waals surface area contributed by atoms with E-state index in [1.54, 1.807) is 6.20 Å². The van der Waals surface area contributed by atoms with Crippen LogP contribution >= 0.6 is 0 Å². The Morgan fingerprint density at radius 3 is 2.61 bits per heavy atom. The maximum Gasteiger partial charge on any atom is 0.167 e. The molecule has 2 saturated heterocycles. The van der Waals surface area contributed by atoms with Gasteiger partial charge in [0.1, 0.15) is 0 Å². The van der Waals surface area contributed by atoms with Crippen LogP contribution in [0, 0.1) is 12.8 Å². The van der Waals surface area contributed by atoms with Crippen molar-refractivity contribution in [3.63, 3.8) is 0 Å². The average Bonchev–Trinajstić information content (AvgIpc) is 2.61. The highest BCUT2D eigenvalue weighted by molar-refractivity contribution is 5.98. The third-order valence-electron chi connectivity index (χ3n) is 4.74. The molecule has 3 heterocycles. The number of hydrogen-bond acceptors (Lipinski definition) is 3. The molecule has 3 rings (SSSR count). The Labute approximate surface area is 108 Å². The molecule has 0 aliphatic carbocycles. The van der Waals surface area contributed by atoms with Crippen LogP contribution in [-0.2, 0) is 0 Å². The maximum atomic E-state index is 12.6. The van der Waals surface area contributed by atoms with Crippen molar-refractivity contribution in [3.05, 3.63) is 29.6 Å². The van der Waals surface area contributed by atoms with Gasteiger partial charge < -0.3 is 4.90 Å². The lowest BCUT2D eigenvalue weighted by Gasteiger charge is -2.35. The van der Waals surface area contributed by atoms with E-state index in [1.165, 1.54) is 12.8 Å². The third kappa shape index (κ3) is 1.87. The molecule has 18 heavy (non-hydrogen) atoms. The minimum absolute atomic E-state index is 0.210. The van der Waals surface area contributed by atoms with Crippen molar-refractivity contribution in [1.29, 1.82) is 0 Å². The number of rotatable bonds is 2. The average molecular weight is 244 g/mol. The molecule has 0 N–H and O–H groups in total. The van der Waals surface area contributed by atoms with Gasteiger partial charge in [0.2, 0.25) is 0 Å². The van der Waals surface area contributed by atoms with E-state index in [9.17, 15) is 4.79 Å². The van der Waals surface area contributed by atoms with Gasteiger partial charge in [-0.2, -0.15) is 0 Å². The second kappa shape index (κ2) is 4.47. The fourth-order valence-electron chi connectivity index (χ4n) is 3.59. The Morgan fingerprint density at radius 2 is 2.00 bits per heavy atom. The molecule has 1 aromatic heterocycles. The number of carbonyl (C=O) groups is 1. The molecule has 0 radical (unpaired) electrons. The summed E-state index contributed by atoms with van der Waals surface area (Å²) in [5.74, 6) is 0.521. The van der Waals surface area contributed by atoms with Crippen LogP contribution in [0.1, 0.15) is 41.7 Å². The van der Waals surface area contributed by atoms with E-state index in [0.717, 1.165) is 24.1 Å². The van der Waals surface area contributed by atoms with Gasteiger partial charge in [0.25, 0.3) is 0 Å². The molecule has 2 bridgehead atoms. The smallest absolute Gasteiger partial charge is 0.167 e. The van der Waals surface area contributed by atoms with E-state index in [1.807, 2.05) is 19.1 Å². The van der Waals surface area contributed by atoms with E-state index in [2.05, 4.69) is 16.9 Å². The molecule has 0 aromatic carbocycles. The van der Waals surface area contributed by atoms with Gasteiger partial charge in [-0.1, -0.05) is 0 Å². The Balaban J connectivity index is 1.81. The first-order valence-electron chi connectivity index (χ1n) is 6.84. The molecule has 2 aliphatic rings. The lowest BCUT2D eigenvalue weighted by atomic mass is 9.84. The van der Waals surface area contributed by atoms with Crippen molar-refractivity contribution in [1.82, 2.24) is 9.88 Å². The zero-order chi connectivity index (χ0) is 12.7. The van der Waals surface area contributed by atoms with E-state index >= 15 is 0 Å². The molecule has 1 aromatic rings. The summed E-state index contributed by atoms with van der Waals surface area (Å²) in [7, 11) is 2.21. The van der Waals surface area contributed by atoms with Crippen LogP contribution in [0.15, 0.2) is 18.3 Å². The van der Waals surface area contributed by atoms with Gasteiger partial charge in [-0.25, -0.2) is 0 Å². The van der Waals surface area contributed by atoms with Gasteiger partial charge in [0, 0.05) is 35.5 Å². The van der Waals surface area contributed by atoms with Gasteiger partial charge in [-0.3, -0.25) is 9.78 Å². The van der Waals surface area contributed by atoms with Crippen molar-refractivity contribution in [3.8, 4) is 0 Å². The summed E-state index contributed by atoms with van der Waals surface area (Å²) in [4.78, 5) is 19.3. The fourth-order valence-corrected chi connectivity index (χ4v) is 3.59. The number of aromatic nitrogens is 1. The first kappa shape index (κ1) is 11.8. The van der Waals surface area contributed by atoms with E-state index in [4.69, 9.17) is 0 Å². The number of piperidine rings is 1. The summed E-state index contributed by atoms with van der Waals surface area (Å²) < 4.78 is 0. The monoisotopic (exact) mass is 244 g/mol. The van der Waals surface area contributed by atoms with Crippen LogP contribution in [0.25, 0.3) is 0 Å².